The van der Waals surface area contributed by atoms with Crippen LogP contribution < -0.4 is 5.73 Å². The molecule has 0 aromatic heterocycles. The standard InChI is InChI=1S/C7H5FINO/c8-5-2-1-4(7(10)11)3-6(5)9/h1-3H,(H2,10,11). The second-order valence-electron chi connectivity index (χ2n) is 1.99. The maximum absolute atomic E-state index is 12.6. The van der Waals surface area contributed by atoms with Gasteiger partial charge in [0.05, 0.1) is 0 Å². The third kappa shape index (κ3) is 1.89. The van der Waals surface area contributed by atoms with Gasteiger partial charge in [-0.15, -0.1) is 0 Å². The Morgan fingerprint density at radius 3 is 2.64 bits per heavy atom. The molecule has 0 fully saturated rings. The first-order valence-corrected chi connectivity index (χ1v) is 3.94. The van der Waals surface area contributed by atoms with E-state index < -0.39 is 5.91 Å². The van der Waals surface area contributed by atoms with Crippen molar-refractivity contribution in [2.45, 2.75) is 0 Å². The number of hydrogen-bond acceptors (Lipinski definition) is 1. The van der Waals surface area contributed by atoms with Gasteiger partial charge < -0.3 is 5.73 Å². The van der Waals surface area contributed by atoms with Gasteiger partial charge in [0, 0.05) is 9.13 Å². The summed E-state index contributed by atoms with van der Waals surface area (Å²) in [4.78, 5) is 10.6. The number of rotatable bonds is 1. The Kier molecular flexibility index (Phi) is 2.43. The first-order chi connectivity index (χ1) is 5.11. The molecule has 1 amide bonds. The van der Waals surface area contributed by atoms with Crippen LogP contribution in [0.2, 0.25) is 0 Å². The fourth-order valence-electron chi connectivity index (χ4n) is 0.649. The highest BCUT2D eigenvalue weighted by atomic mass is 127. The lowest BCUT2D eigenvalue weighted by molar-refractivity contribution is 0.1000. The van der Waals surface area contributed by atoms with E-state index in [9.17, 15) is 9.18 Å². The van der Waals surface area contributed by atoms with Crippen LogP contribution in [0.1, 0.15) is 10.4 Å². The molecule has 0 radical (unpaired) electrons. The van der Waals surface area contributed by atoms with Crippen molar-refractivity contribution in [3.8, 4) is 0 Å². The normalized spacial score (nSPS) is 9.64. The number of nitrogens with two attached hydrogens (primary N) is 1. The summed E-state index contributed by atoms with van der Waals surface area (Å²) in [5.74, 6) is -0.876. The van der Waals surface area contributed by atoms with E-state index in [-0.39, 0.29) is 5.82 Å². The second-order valence-corrected chi connectivity index (χ2v) is 3.16. The fourth-order valence-corrected chi connectivity index (χ4v) is 1.16. The van der Waals surface area contributed by atoms with Crippen LogP contribution in [0, 0.1) is 9.39 Å². The van der Waals surface area contributed by atoms with Crippen molar-refractivity contribution >= 4 is 28.5 Å². The maximum Gasteiger partial charge on any atom is 0.248 e. The van der Waals surface area contributed by atoms with Crippen LogP contribution in [0.4, 0.5) is 4.39 Å². The number of hydrogen-bond donors (Lipinski definition) is 1. The SMILES string of the molecule is NC(=O)c1ccc(F)c(I)c1. The molecule has 0 heterocycles. The number of amides is 1. The van der Waals surface area contributed by atoms with Crippen LogP contribution in [0.5, 0.6) is 0 Å². The van der Waals surface area contributed by atoms with Crippen molar-refractivity contribution in [2.24, 2.45) is 5.73 Å². The Morgan fingerprint density at radius 2 is 2.18 bits per heavy atom. The molecule has 4 heteroatoms. The van der Waals surface area contributed by atoms with Crippen molar-refractivity contribution in [3.63, 3.8) is 0 Å². The van der Waals surface area contributed by atoms with E-state index in [4.69, 9.17) is 5.73 Å². The van der Waals surface area contributed by atoms with Crippen molar-refractivity contribution in [1.82, 2.24) is 0 Å². The average Bonchev–Trinajstić information content (AvgIpc) is 1.94. The van der Waals surface area contributed by atoms with Crippen molar-refractivity contribution in [1.29, 1.82) is 0 Å². The van der Waals surface area contributed by atoms with Crippen LogP contribution in [0.25, 0.3) is 0 Å². The largest absolute Gasteiger partial charge is 0.366 e. The lowest BCUT2D eigenvalue weighted by Gasteiger charge is -1.96. The number of halogens is 2. The van der Waals surface area contributed by atoms with Gasteiger partial charge in [-0.3, -0.25) is 4.79 Å². The highest BCUT2D eigenvalue weighted by molar-refractivity contribution is 14.1. The molecule has 0 unspecified atom stereocenters. The van der Waals surface area contributed by atoms with Gasteiger partial charge >= 0.3 is 0 Å². The van der Waals surface area contributed by atoms with Crippen LogP contribution >= 0.6 is 22.6 Å². The molecular formula is C7H5FINO. The van der Waals surface area contributed by atoms with Crippen molar-refractivity contribution in [3.05, 3.63) is 33.1 Å². The topological polar surface area (TPSA) is 43.1 Å². The molecule has 0 saturated carbocycles. The third-order valence-corrected chi connectivity index (χ3v) is 2.03. The van der Waals surface area contributed by atoms with Gasteiger partial charge in [0.1, 0.15) is 5.82 Å². The molecule has 0 bridgehead atoms. The molecule has 0 atom stereocenters. The summed E-state index contributed by atoms with van der Waals surface area (Å²) >= 11 is 1.80. The molecule has 1 rings (SSSR count). The number of primary amides is 1. The Hall–Kier alpha value is -0.650. The molecule has 1 aromatic rings. The Labute approximate surface area is 76.7 Å². The Balaban J connectivity index is 3.15. The summed E-state index contributed by atoms with van der Waals surface area (Å²) in [6.45, 7) is 0. The summed E-state index contributed by atoms with van der Waals surface area (Å²) in [6.07, 6.45) is 0. The van der Waals surface area contributed by atoms with Gasteiger partial charge in [-0.05, 0) is 40.8 Å². The van der Waals surface area contributed by atoms with Gasteiger partial charge in [0.15, 0.2) is 0 Å². The molecule has 0 saturated heterocycles. The molecule has 0 aliphatic heterocycles. The van der Waals surface area contributed by atoms with Gasteiger partial charge in [0.2, 0.25) is 5.91 Å². The maximum atomic E-state index is 12.6. The van der Waals surface area contributed by atoms with Crippen LogP contribution in [0.15, 0.2) is 18.2 Å². The van der Waals surface area contributed by atoms with Crippen LogP contribution in [-0.2, 0) is 0 Å². The molecule has 58 valence electrons. The summed E-state index contributed by atoms with van der Waals surface area (Å²) < 4.78 is 13.0. The first-order valence-electron chi connectivity index (χ1n) is 2.86. The van der Waals surface area contributed by atoms with E-state index >= 15 is 0 Å². The average molecular weight is 265 g/mol. The highest BCUT2D eigenvalue weighted by Crippen LogP contribution is 2.12. The lowest BCUT2D eigenvalue weighted by Crippen LogP contribution is -2.11. The smallest absolute Gasteiger partial charge is 0.248 e. The molecule has 2 nitrogen and oxygen atoms in total. The van der Waals surface area contributed by atoms with Crippen molar-refractivity contribution < 1.29 is 9.18 Å². The van der Waals surface area contributed by atoms with E-state index in [2.05, 4.69) is 0 Å². The number of carbonyl (C=O) groups is 1. The van der Waals surface area contributed by atoms with Gasteiger partial charge in [0.25, 0.3) is 0 Å². The lowest BCUT2D eigenvalue weighted by atomic mass is 10.2. The number of carbonyl (C=O) groups excluding carboxylic acids is 1. The minimum atomic E-state index is -0.539. The molecule has 2 N–H and O–H groups in total. The molecule has 0 aliphatic rings. The van der Waals surface area contributed by atoms with Crippen molar-refractivity contribution in [2.75, 3.05) is 0 Å². The fraction of sp³-hybridized carbons (Fsp3) is 0. The Morgan fingerprint density at radius 1 is 1.55 bits per heavy atom. The molecule has 1 aromatic carbocycles. The van der Waals surface area contributed by atoms with E-state index in [0.29, 0.717) is 9.13 Å². The summed E-state index contributed by atoms with van der Waals surface area (Å²) in [5, 5.41) is 0. The Bertz CT molecular complexity index is 300. The molecule has 0 spiro atoms. The quantitative estimate of drug-likeness (QED) is 0.769. The number of benzene rings is 1. The zero-order chi connectivity index (χ0) is 8.43. The minimum absolute atomic E-state index is 0.329. The monoisotopic (exact) mass is 265 g/mol. The van der Waals surface area contributed by atoms with Gasteiger partial charge in [-0.25, -0.2) is 4.39 Å². The summed E-state index contributed by atoms with van der Waals surface area (Å²) in [6, 6.07) is 4.00. The first kappa shape index (κ1) is 8.45. The van der Waals surface area contributed by atoms with Gasteiger partial charge in [-0.2, -0.15) is 0 Å². The minimum Gasteiger partial charge on any atom is -0.366 e. The van der Waals surface area contributed by atoms with E-state index in [1.165, 1.54) is 18.2 Å². The van der Waals surface area contributed by atoms with Gasteiger partial charge in [-0.1, -0.05) is 0 Å². The van der Waals surface area contributed by atoms with E-state index in [0.717, 1.165) is 0 Å². The predicted octanol–water partition coefficient (Wildman–Crippen LogP) is 1.53. The second kappa shape index (κ2) is 3.17. The van der Waals surface area contributed by atoms with E-state index in [1.807, 2.05) is 0 Å². The third-order valence-electron chi connectivity index (χ3n) is 1.20. The van der Waals surface area contributed by atoms with Crippen LogP contribution in [0.3, 0.4) is 0 Å². The zero-order valence-corrected chi connectivity index (χ0v) is 7.63. The summed E-state index contributed by atoms with van der Waals surface area (Å²) in [7, 11) is 0. The predicted molar refractivity (Wildman–Crippen MR) is 47.6 cm³/mol. The molecular weight excluding hydrogens is 260 g/mol. The van der Waals surface area contributed by atoms with Crippen LogP contribution in [-0.4, -0.2) is 5.91 Å². The summed E-state index contributed by atoms with van der Waals surface area (Å²) in [5.41, 5.74) is 5.30. The molecule has 11 heavy (non-hydrogen) atoms. The zero-order valence-electron chi connectivity index (χ0n) is 5.47. The van der Waals surface area contributed by atoms with E-state index in [1.54, 1.807) is 22.6 Å². The highest BCUT2D eigenvalue weighted by Gasteiger charge is 2.03. The molecule has 0 aliphatic carbocycles.